The Morgan fingerprint density at radius 3 is 1.59 bits per heavy atom. The van der Waals surface area contributed by atoms with E-state index in [0.717, 1.165) is 12.2 Å². The lowest BCUT2D eigenvalue weighted by Gasteiger charge is -2.19. The number of aliphatic carboxylic acids is 1. The molecule has 2 aromatic carbocycles. The van der Waals surface area contributed by atoms with Crippen LogP contribution in [0.4, 0.5) is 0 Å². The summed E-state index contributed by atoms with van der Waals surface area (Å²) in [7, 11) is 0. The van der Waals surface area contributed by atoms with Crippen LogP contribution in [-0.2, 0) is 23.9 Å². The van der Waals surface area contributed by atoms with E-state index in [0.29, 0.717) is 11.1 Å². The highest BCUT2D eigenvalue weighted by Crippen LogP contribution is 2.26. The summed E-state index contributed by atoms with van der Waals surface area (Å²) in [6.45, 7) is 1.23. The minimum Gasteiger partial charge on any atom is -0.504 e. The molecule has 0 aromatic heterocycles. The Morgan fingerprint density at radius 2 is 1.19 bits per heavy atom. The van der Waals surface area contributed by atoms with Crippen molar-refractivity contribution in [3.8, 4) is 23.0 Å². The van der Waals surface area contributed by atoms with Crippen molar-refractivity contribution in [2.75, 3.05) is 0 Å². The van der Waals surface area contributed by atoms with Gasteiger partial charge in [0, 0.05) is 12.2 Å². The molecule has 168 valence electrons. The Kier molecular flexibility index (Phi) is 7.83. The molecule has 0 heterocycles. The average Bonchev–Trinajstić information content (AvgIpc) is 2.73. The van der Waals surface area contributed by atoms with Gasteiger partial charge in [0.05, 0.1) is 0 Å². The second-order valence-electron chi connectivity index (χ2n) is 6.50. The van der Waals surface area contributed by atoms with Gasteiger partial charge in [-0.25, -0.2) is 14.4 Å². The van der Waals surface area contributed by atoms with Crippen molar-refractivity contribution in [2.45, 2.75) is 19.1 Å². The zero-order valence-corrected chi connectivity index (χ0v) is 16.7. The van der Waals surface area contributed by atoms with E-state index >= 15 is 0 Å². The van der Waals surface area contributed by atoms with Gasteiger partial charge >= 0.3 is 17.9 Å². The van der Waals surface area contributed by atoms with E-state index < -0.39 is 35.9 Å². The molecular weight excluding hydrogens is 424 g/mol. The van der Waals surface area contributed by atoms with Gasteiger partial charge in [-0.15, -0.1) is 0 Å². The fourth-order valence-electron chi connectivity index (χ4n) is 2.41. The number of carbonyl (C=O) groups is 3. The van der Waals surface area contributed by atoms with Crippen LogP contribution < -0.4 is 0 Å². The van der Waals surface area contributed by atoms with Gasteiger partial charge in [-0.05, 0) is 54.5 Å². The monoisotopic (exact) mass is 444 g/mol. The van der Waals surface area contributed by atoms with Gasteiger partial charge < -0.3 is 35.0 Å². The van der Waals surface area contributed by atoms with Crippen molar-refractivity contribution in [3.63, 3.8) is 0 Å². The molecule has 0 unspecified atom stereocenters. The molecule has 2 rings (SSSR count). The summed E-state index contributed by atoms with van der Waals surface area (Å²) in [5.74, 6) is -4.97. The molecule has 2 aromatic rings. The summed E-state index contributed by atoms with van der Waals surface area (Å²) in [6.07, 6.45) is 1.25. The van der Waals surface area contributed by atoms with Crippen LogP contribution in [0.25, 0.3) is 12.2 Å². The highest BCUT2D eigenvalue weighted by molar-refractivity contribution is 5.90. The van der Waals surface area contributed by atoms with Crippen LogP contribution in [0.5, 0.6) is 23.0 Å². The second-order valence-corrected chi connectivity index (χ2v) is 6.50. The first-order valence-corrected chi connectivity index (χ1v) is 9.11. The number of esters is 2. The molecule has 0 bridgehead atoms. The Hall–Kier alpha value is -4.47. The highest BCUT2D eigenvalue weighted by Gasteiger charge is 2.30. The van der Waals surface area contributed by atoms with Gasteiger partial charge in [-0.2, -0.15) is 0 Å². The number of carboxylic acids is 1. The number of carboxylic acid groups (broad SMARTS) is 1. The average molecular weight is 444 g/mol. The van der Waals surface area contributed by atoms with Gasteiger partial charge in [0.15, 0.2) is 23.0 Å². The topological polar surface area (TPSA) is 171 Å². The van der Waals surface area contributed by atoms with Crippen molar-refractivity contribution in [1.82, 2.24) is 0 Å². The van der Waals surface area contributed by atoms with E-state index in [4.69, 9.17) is 9.47 Å². The van der Waals surface area contributed by atoms with Crippen molar-refractivity contribution < 1.29 is 49.4 Å². The van der Waals surface area contributed by atoms with Crippen LogP contribution in [0.3, 0.4) is 0 Å². The SMILES string of the molecule is C[C@@H](OC(=O)/C=C/c1ccc(O)c(O)c1)[C@H](OC(=O)/C=C/c1ccc(O)c(O)c1)C(=O)O. The minimum absolute atomic E-state index is 0.333. The third kappa shape index (κ3) is 6.80. The van der Waals surface area contributed by atoms with Gasteiger partial charge in [0.2, 0.25) is 6.10 Å². The Labute approximate surface area is 181 Å². The molecule has 10 nitrogen and oxygen atoms in total. The normalized spacial score (nSPS) is 13.0. The number of aromatic hydroxyl groups is 4. The van der Waals surface area contributed by atoms with Crippen molar-refractivity contribution in [2.24, 2.45) is 0 Å². The molecule has 0 saturated carbocycles. The predicted octanol–water partition coefficient (Wildman–Crippen LogP) is 2.16. The summed E-state index contributed by atoms with van der Waals surface area (Å²) in [4.78, 5) is 35.3. The molecule has 32 heavy (non-hydrogen) atoms. The number of carbonyl (C=O) groups excluding carboxylic acids is 2. The quantitative estimate of drug-likeness (QED) is 0.231. The zero-order chi connectivity index (χ0) is 23.8. The largest absolute Gasteiger partial charge is 0.504 e. The molecular formula is C22H20O10. The third-order valence-electron chi connectivity index (χ3n) is 4.04. The number of benzene rings is 2. The van der Waals surface area contributed by atoms with E-state index in [1.165, 1.54) is 55.5 Å². The smallest absolute Gasteiger partial charge is 0.348 e. The summed E-state index contributed by atoms with van der Waals surface area (Å²) in [5, 5.41) is 46.7. The van der Waals surface area contributed by atoms with E-state index in [9.17, 15) is 39.9 Å². The second kappa shape index (κ2) is 10.5. The molecule has 0 fully saturated rings. The van der Waals surface area contributed by atoms with E-state index in [-0.39, 0.29) is 17.2 Å². The number of phenols is 4. The van der Waals surface area contributed by atoms with Crippen LogP contribution in [-0.4, -0.2) is 55.6 Å². The number of phenolic OH excluding ortho intramolecular Hbond substituents is 4. The van der Waals surface area contributed by atoms with Crippen LogP contribution in [0.1, 0.15) is 18.1 Å². The molecule has 10 heteroatoms. The number of ether oxygens (including phenoxy) is 2. The molecule has 0 radical (unpaired) electrons. The first-order chi connectivity index (χ1) is 15.1. The molecule has 0 aliphatic rings. The maximum absolute atomic E-state index is 12.0. The lowest BCUT2D eigenvalue weighted by molar-refractivity contribution is -0.173. The first-order valence-electron chi connectivity index (χ1n) is 9.11. The van der Waals surface area contributed by atoms with E-state index in [2.05, 4.69) is 0 Å². The van der Waals surface area contributed by atoms with E-state index in [1.54, 1.807) is 0 Å². The molecule has 0 aliphatic carbocycles. The fourth-order valence-corrected chi connectivity index (χ4v) is 2.41. The molecule has 2 atom stereocenters. The first kappa shape index (κ1) is 23.8. The third-order valence-corrected chi connectivity index (χ3v) is 4.04. The molecule has 0 amide bonds. The molecule has 0 saturated heterocycles. The summed E-state index contributed by atoms with van der Waals surface area (Å²) >= 11 is 0. The molecule has 5 N–H and O–H groups in total. The van der Waals surface area contributed by atoms with Gasteiger partial charge in [0.25, 0.3) is 0 Å². The fraction of sp³-hybridized carbons (Fsp3) is 0.136. The Morgan fingerprint density at radius 1 is 0.750 bits per heavy atom. The van der Waals surface area contributed by atoms with E-state index in [1.807, 2.05) is 0 Å². The summed E-state index contributed by atoms with van der Waals surface area (Å²) in [5.41, 5.74) is 0.713. The maximum atomic E-state index is 12.0. The predicted molar refractivity (Wildman–Crippen MR) is 111 cm³/mol. The Balaban J connectivity index is 1.98. The van der Waals surface area contributed by atoms with Crippen LogP contribution in [0.2, 0.25) is 0 Å². The Bertz CT molecular complexity index is 1070. The maximum Gasteiger partial charge on any atom is 0.348 e. The van der Waals surface area contributed by atoms with Gasteiger partial charge in [0.1, 0.15) is 6.10 Å². The molecule has 0 aliphatic heterocycles. The van der Waals surface area contributed by atoms with Crippen LogP contribution in [0, 0.1) is 0 Å². The number of rotatable bonds is 8. The summed E-state index contributed by atoms with van der Waals surface area (Å²) < 4.78 is 9.80. The summed E-state index contributed by atoms with van der Waals surface area (Å²) in [6, 6.07) is 7.62. The number of hydrogen-bond acceptors (Lipinski definition) is 9. The van der Waals surface area contributed by atoms with Crippen molar-refractivity contribution >= 4 is 30.1 Å². The van der Waals surface area contributed by atoms with Crippen molar-refractivity contribution in [3.05, 3.63) is 59.7 Å². The highest BCUT2D eigenvalue weighted by atomic mass is 16.6. The lowest BCUT2D eigenvalue weighted by Crippen LogP contribution is -2.38. The number of hydrogen-bond donors (Lipinski definition) is 5. The van der Waals surface area contributed by atoms with Gasteiger partial charge in [-0.3, -0.25) is 0 Å². The van der Waals surface area contributed by atoms with Gasteiger partial charge in [-0.1, -0.05) is 12.1 Å². The minimum atomic E-state index is -1.80. The van der Waals surface area contributed by atoms with Crippen LogP contribution >= 0.6 is 0 Å². The lowest BCUT2D eigenvalue weighted by atomic mass is 10.2. The zero-order valence-electron chi connectivity index (χ0n) is 16.7. The van der Waals surface area contributed by atoms with Crippen molar-refractivity contribution in [1.29, 1.82) is 0 Å². The van der Waals surface area contributed by atoms with Crippen LogP contribution in [0.15, 0.2) is 48.6 Å². The standard InChI is InChI=1S/C22H20O10/c1-12(31-19(27)8-4-13-2-6-15(23)17(25)10-13)21(22(29)30)32-20(28)9-5-14-3-7-16(24)18(26)11-14/h2-12,21,23-26H,1H3,(H,29,30)/b8-4+,9-5+/t12-,21+/m1/s1. The molecule has 0 spiro atoms.